The third-order valence-corrected chi connectivity index (χ3v) is 4.22. The molecule has 2 unspecified atom stereocenters. The molecule has 0 aromatic rings. The van der Waals surface area contributed by atoms with E-state index in [0.29, 0.717) is 12.1 Å². The molecule has 1 saturated heterocycles. The first kappa shape index (κ1) is 12.2. The van der Waals surface area contributed by atoms with Crippen LogP contribution in [0.1, 0.15) is 26.7 Å². The quantitative estimate of drug-likeness (QED) is 0.816. The van der Waals surface area contributed by atoms with Crippen LogP contribution in [-0.4, -0.2) is 48.0 Å². The van der Waals surface area contributed by atoms with Crippen LogP contribution in [0.2, 0.25) is 0 Å². The topological polar surface area (TPSA) is 27.6 Å². The van der Waals surface area contributed by atoms with E-state index < -0.39 is 0 Å². The first-order valence-corrected chi connectivity index (χ1v) is 7.27. The summed E-state index contributed by atoms with van der Waals surface area (Å²) in [6, 6.07) is 1.17. The highest BCUT2D eigenvalue weighted by Crippen LogP contribution is 2.22. The molecule has 0 radical (unpaired) electrons. The molecule has 0 spiro atoms. The Kier molecular flexibility index (Phi) is 4.14. The van der Waals surface area contributed by atoms with Gasteiger partial charge in [0.2, 0.25) is 0 Å². The van der Waals surface area contributed by atoms with Crippen molar-refractivity contribution in [2.45, 2.75) is 38.8 Å². The Morgan fingerprint density at radius 1 is 1.56 bits per heavy atom. The van der Waals surface area contributed by atoms with Gasteiger partial charge in [-0.2, -0.15) is 0 Å². The van der Waals surface area contributed by atoms with Crippen LogP contribution in [0.4, 0.5) is 0 Å². The van der Waals surface area contributed by atoms with E-state index in [-0.39, 0.29) is 0 Å². The molecule has 1 fully saturated rings. The van der Waals surface area contributed by atoms with E-state index in [1.807, 2.05) is 11.8 Å². The standard InChI is InChI=1S/C12H23N3S/c1-9(2)6-11-8-16-12(14-11)13-10-4-5-15(3)7-10/h9-11H,4-8H2,1-3H3,(H,13,14). The second kappa shape index (κ2) is 5.41. The number of aliphatic imine (C=N–C) groups is 1. The Balaban J connectivity index is 1.78. The lowest BCUT2D eigenvalue weighted by atomic mass is 10.1. The summed E-state index contributed by atoms with van der Waals surface area (Å²) in [7, 11) is 2.19. The third-order valence-electron chi connectivity index (χ3n) is 3.17. The highest BCUT2D eigenvalue weighted by atomic mass is 32.2. The SMILES string of the molecule is CC(C)CC1CSC(NC2CCN(C)C2)=N1. The van der Waals surface area contributed by atoms with Crippen molar-refractivity contribution in [2.24, 2.45) is 10.9 Å². The van der Waals surface area contributed by atoms with Crippen molar-refractivity contribution in [3.63, 3.8) is 0 Å². The molecule has 2 atom stereocenters. The molecule has 0 aliphatic carbocycles. The van der Waals surface area contributed by atoms with Crippen molar-refractivity contribution in [3.05, 3.63) is 0 Å². The fourth-order valence-corrected chi connectivity index (χ4v) is 3.42. The largest absolute Gasteiger partial charge is 0.361 e. The monoisotopic (exact) mass is 241 g/mol. The maximum Gasteiger partial charge on any atom is 0.157 e. The molecule has 2 rings (SSSR count). The van der Waals surface area contributed by atoms with Crippen molar-refractivity contribution < 1.29 is 0 Å². The molecule has 0 aromatic carbocycles. The molecule has 92 valence electrons. The van der Waals surface area contributed by atoms with Gasteiger partial charge in [-0.1, -0.05) is 25.6 Å². The number of nitrogens with one attached hydrogen (secondary N) is 1. The average Bonchev–Trinajstić information content (AvgIpc) is 2.76. The molecule has 4 heteroatoms. The lowest BCUT2D eigenvalue weighted by Crippen LogP contribution is -2.34. The highest BCUT2D eigenvalue weighted by molar-refractivity contribution is 8.14. The summed E-state index contributed by atoms with van der Waals surface area (Å²) in [6.45, 7) is 6.93. The van der Waals surface area contributed by atoms with Crippen LogP contribution in [-0.2, 0) is 0 Å². The normalized spacial score (nSPS) is 31.1. The molecule has 0 bridgehead atoms. The number of likely N-dealkylation sites (N-methyl/N-ethyl adjacent to an activating group) is 1. The summed E-state index contributed by atoms with van der Waals surface area (Å²) >= 11 is 1.90. The zero-order valence-electron chi connectivity index (χ0n) is 10.6. The molecular weight excluding hydrogens is 218 g/mol. The second-order valence-corrected chi connectivity index (χ2v) is 6.43. The molecule has 1 N–H and O–H groups in total. The van der Waals surface area contributed by atoms with Crippen molar-refractivity contribution in [3.8, 4) is 0 Å². The maximum absolute atomic E-state index is 4.77. The molecule has 0 amide bonds. The van der Waals surface area contributed by atoms with Gasteiger partial charge in [0.05, 0.1) is 6.04 Å². The Hall–Kier alpha value is -0.220. The zero-order valence-corrected chi connectivity index (χ0v) is 11.4. The van der Waals surface area contributed by atoms with Crippen molar-refractivity contribution >= 4 is 16.9 Å². The third kappa shape index (κ3) is 3.39. The van der Waals surface area contributed by atoms with Gasteiger partial charge in [-0.15, -0.1) is 0 Å². The molecule has 2 heterocycles. The van der Waals surface area contributed by atoms with Gasteiger partial charge in [0.25, 0.3) is 0 Å². The minimum absolute atomic E-state index is 0.548. The number of thioether (sulfide) groups is 1. The van der Waals surface area contributed by atoms with E-state index in [1.54, 1.807) is 0 Å². The van der Waals surface area contributed by atoms with Crippen LogP contribution in [0, 0.1) is 5.92 Å². The number of rotatable bonds is 3. The van der Waals surface area contributed by atoms with E-state index in [0.717, 1.165) is 12.5 Å². The number of likely N-dealkylation sites (tertiary alicyclic amines) is 1. The number of amidine groups is 1. The molecule has 0 aromatic heterocycles. The summed E-state index contributed by atoms with van der Waals surface area (Å²) in [5, 5.41) is 4.77. The zero-order chi connectivity index (χ0) is 11.5. The van der Waals surface area contributed by atoms with Gasteiger partial charge in [-0.05, 0) is 32.4 Å². The molecule has 0 saturated carbocycles. The van der Waals surface area contributed by atoms with Gasteiger partial charge >= 0.3 is 0 Å². The van der Waals surface area contributed by atoms with Crippen LogP contribution in [0.5, 0.6) is 0 Å². The summed E-state index contributed by atoms with van der Waals surface area (Å²) < 4.78 is 0. The van der Waals surface area contributed by atoms with Gasteiger partial charge < -0.3 is 10.2 Å². The summed E-state index contributed by atoms with van der Waals surface area (Å²) in [4.78, 5) is 7.15. The molecular formula is C12H23N3S. The number of hydrogen-bond acceptors (Lipinski definition) is 4. The van der Waals surface area contributed by atoms with Crippen molar-refractivity contribution in [1.82, 2.24) is 10.2 Å². The van der Waals surface area contributed by atoms with E-state index in [4.69, 9.17) is 4.99 Å². The van der Waals surface area contributed by atoms with Crippen molar-refractivity contribution in [2.75, 3.05) is 25.9 Å². The summed E-state index contributed by atoms with van der Waals surface area (Å²) in [5.41, 5.74) is 0. The van der Waals surface area contributed by atoms with Crippen LogP contribution in [0.25, 0.3) is 0 Å². The Bertz CT molecular complexity index is 265. The van der Waals surface area contributed by atoms with E-state index >= 15 is 0 Å². The first-order valence-electron chi connectivity index (χ1n) is 6.29. The van der Waals surface area contributed by atoms with E-state index in [1.165, 1.54) is 30.3 Å². The van der Waals surface area contributed by atoms with Gasteiger partial charge in [0.1, 0.15) is 0 Å². The fraction of sp³-hybridized carbons (Fsp3) is 0.917. The predicted molar refractivity (Wildman–Crippen MR) is 72.2 cm³/mol. The predicted octanol–water partition coefficient (Wildman–Crippen LogP) is 1.80. The van der Waals surface area contributed by atoms with Crippen LogP contribution >= 0.6 is 11.8 Å². The van der Waals surface area contributed by atoms with E-state index in [2.05, 4.69) is 31.1 Å². The Morgan fingerprint density at radius 3 is 3.00 bits per heavy atom. The minimum atomic E-state index is 0.548. The van der Waals surface area contributed by atoms with Gasteiger partial charge in [-0.3, -0.25) is 4.99 Å². The smallest absolute Gasteiger partial charge is 0.157 e. The Morgan fingerprint density at radius 2 is 2.38 bits per heavy atom. The van der Waals surface area contributed by atoms with Crippen LogP contribution < -0.4 is 5.32 Å². The van der Waals surface area contributed by atoms with E-state index in [9.17, 15) is 0 Å². The maximum atomic E-state index is 4.77. The number of hydrogen-bond donors (Lipinski definition) is 1. The van der Waals surface area contributed by atoms with Crippen molar-refractivity contribution in [1.29, 1.82) is 0 Å². The first-order chi connectivity index (χ1) is 7.63. The van der Waals surface area contributed by atoms with Crippen LogP contribution in [0.15, 0.2) is 4.99 Å². The van der Waals surface area contributed by atoms with Gasteiger partial charge in [0.15, 0.2) is 5.17 Å². The van der Waals surface area contributed by atoms with Gasteiger partial charge in [0, 0.05) is 18.3 Å². The molecule has 3 nitrogen and oxygen atoms in total. The molecule has 2 aliphatic rings. The lowest BCUT2D eigenvalue weighted by molar-refractivity contribution is 0.407. The lowest BCUT2D eigenvalue weighted by Gasteiger charge is -2.13. The second-order valence-electron chi connectivity index (χ2n) is 5.42. The minimum Gasteiger partial charge on any atom is -0.361 e. The highest BCUT2D eigenvalue weighted by Gasteiger charge is 2.24. The average molecular weight is 241 g/mol. The van der Waals surface area contributed by atoms with Crippen LogP contribution in [0.3, 0.4) is 0 Å². The Labute approximate surface area is 103 Å². The summed E-state index contributed by atoms with van der Waals surface area (Å²) in [5.74, 6) is 1.93. The number of nitrogens with zero attached hydrogens (tertiary/aromatic N) is 2. The molecule has 2 aliphatic heterocycles. The summed E-state index contributed by atoms with van der Waals surface area (Å²) in [6.07, 6.45) is 2.48. The fourth-order valence-electron chi connectivity index (χ4n) is 2.39. The molecule has 16 heavy (non-hydrogen) atoms. The van der Waals surface area contributed by atoms with Gasteiger partial charge in [-0.25, -0.2) is 0 Å².